The topological polar surface area (TPSA) is 68.5 Å². The SMILES string of the molecule is COCCn1nnnc1[C@H](c1ccc(OC)cc1)N1CCN(c2cc(C)ccc2C)CC1. The zero-order valence-electron chi connectivity index (χ0n) is 19.4. The highest BCUT2D eigenvalue weighted by molar-refractivity contribution is 5.55. The molecule has 0 N–H and O–H groups in total. The van der Waals surface area contributed by atoms with Gasteiger partial charge in [0, 0.05) is 39.0 Å². The summed E-state index contributed by atoms with van der Waals surface area (Å²) in [5.41, 5.74) is 5.09. The maximum Gasteiger partial charge on any atom is 0.173 e. The number of ether oxygens (including phenoxy) is 2. The number of tetrazole rings is 1. The van der Waals surface area contributed by atoms with Crippen molar-refractivity contribution in [3.05, 3.63) is 65.0 Å². The van der Waals surface area contributed by atoms with Crippen LogP contribution >= 0.6 is 0 Å². The zero-order chi connectivity index (χ0) is 22.5. The van der Waals surface area contributed by atoms with Crippen molar-refractivity contribution in [3.8, 4) is 5.75 Å². The van der Waals surface area contributed by atoms with Crippen molar-refractivity contribution in [2.45, 2.75) is 26.4 Å². The van der Waals surface area contributed by atoms with Crippen LogP contribution in [0.15, 0.2) is 42.5 Å². The van der Waals surface area contributed by atoms with Crippen molar-refractivity contribution in [2.24, 2.45) is 0 Å². The quantitative estimate of drug-likeness (QED) is 0.538. The largest absolute Gasteiger partial charge is 0.497 e. The monoisotopic (exact) mass is 436 g/mol. The van der Waals surface area contributed by atoms with Crippen LogP contribution in [0.4, 0.5) is 5.69 Å². The second kappa shape index (κ2) is 10.1. The standard InChI is InChI=1S/C24H32N6O2/c1-18-5-6-19(2)22(17-18)28-11-13-29(14-12-28)23(20-7-9-21(32-4)10-8-20)24-25-26-27-30(24)15-16-31-3/h5-10,17,23H,11-16H2,1-4H3/t23-/m0/s1. The third kappa shape index (κ3) is 4.76. The fourth-order valence-corrected chi connectivity index (χ4v) is 4.33. The molecule has 0 spiro atoms. The first kappa shape index (κ1) is 22.2. The van der Waals surface area contributed by atoms with E-state index in [0.29, 0.717) is 13.2 Å². The van der Waals surface area contributed by atoms with Crippen LogP contribution in [0.2, 0.25) is 0 Å². The van der Waals surface area contributed by atoms with Crippen molar-refractivity contribution >= 4 is 5.69 Å². The van der Waals surface area contributed by atoms with E-state index in [0.717, 1.165) is 43.3 Å². The second-order valence-electron chi connectivity index (χ2n) is 8.24. The van der Waals surface area contributed by atoms with E-state index in [9.17, 15) is 0 Å². The van der Waals surface area contributed by atoms with Crippen LogP contribution in [-0.4, -0.2) is 72.1 Å². The highest BCUT2D eigenvalue weighted by Gasteiger charge is 2.31. The Bertz CT molecular complexity index is 1010. The van der Waals surface area contributed by atoms with E-state index >= 15 is 0 Å². The highest BCUT2D eigenvalue weighted by Crippen LogP contribution is 2.31. The molecule has 0 unspecified atom stereocenters. The molecule has 170 valence electrons. The van der Waals surface area contributed by atoms with E-state index in [1.165, 1.54) is 16.8 Å². The molecule has 0 saturated carbocycles. The maximum atomic E-state index is 5.36. The predicted molar refractivity (Wildman–Crippen MR) is 124 cm³/mol. The van der Waals surface area contributed by atoms with E-state index in [1.54, 1.807) is 14.2 Å². The summed E-state index contributed by atoms with van der Waals surface area (Å²) in [7, 11) is 3.38. The van der Waals surface area contributed by atoms with Gasteiger partial charge in [0.2, 0.25) is 0 Å². The smallest absolute Gasteiger partial charge is 0.173 e. The maximum absolute atomic E-state index is 5.36. The summed E-state index contributed by atoms with van der Waals surface area (Å²) in [5.74, 6) is 1.68. The molecule has 0 radical (unpaired) electrons. The first-order valence-electron chi connectivity index (χ1n) is 11.1. The summed E-state index contributed by atoms with van der Waals surface area (Å²) in [6.07, 6.45) is 0. The van der Waals surface area contributed by atoms with Gasteiger partial charge < -0.3 is 14.4 Å². The Balaban J connectivity index is 1.59. The average Bonchev–Trinajstić information content (AvgIpc) is 3.28. The molecule has 0 amide bonds. The Kier molecular flexibility index (Phi) is 7.02. The third-order valence-corrected chi connectivity index (χ3v) is 6.13. The minimum absolute atomic E-state index is 0.0338. The first-order valence-corrected chi connectivity index (χ1v) is 11.1. The fourth-order valence-electron chi connectivity index (χ4n) is 4.33. The molecule has 1 fully saturated rings. The number of piperazine rings is 1. The summed E-state index contributed by atoms with van der Waals surface area (Å²) in [6, 6.07) is 14.8. The number of hydrogen-bond acceptors (Lipinski definition) is 7. The number of aromatic nitrogens is 4. The minimum Gasteiger partial charge on any atom is -0.497 e. The summed E-state index contributed by atoms with van der Waals surface area (Å²) in [4.78, 5) is 4.95. The number of aryl methyl sites for hydroxylation is 2. The number of anilines is 1. The fraction of sp³-hybridized carbons (Fsp3) is 0.458. The Hall–Kier alpha value is -2.97. The van der Waals surface area contributed by atoms with E-state index in [2.05, 4.69) is 69.5 Å². The van der Waals surface area contributed by atoms with Crippen LogP contribution in [-0.2, 0) is 11.3 Å². The van der Waals surface area contributed by atoms with Crippen LogP contribution in [0.25, 0.3) is 0 Å². The molecule has 1 aliphatic heterocycles. The van der Waals surface area contributed by atoms with Gasteiger partial charge in [0.15, 0.2) is 5.82 Å². The molecule has 0 bridgehead atoms. The van der Waals surface area contributed by atoms with Crippen LogP contribution < -0.4 is 9.64 Å². The zero-order valence-corrected chi connectivity index (χ0v) is 19.4. The lowest BCUT2D eigenvalue weighted by atomic mass is 10.0. The molecule has 3 aromatic rings. The first-order chi connectivity index (χ1) is 15.6. The lowest BCUT2D eigenvalue weighted by Gasteiger charge is -2.40. The molecule has 1 atom stereocenters. The van der Waals surface area contributed by atoms with E-state index in [-0.39, 0.29) is 6.04 Å². The summed E-state index contributed by atoms with van der Waals surface area (Å²) in [5, 5.41) is 12.6. The van der Waals surface area contributed by atoms with E-state index in [1.807, 2.05) is 16.8 Å². The van der Waals surface area contributed by atoms with Crippen LogP contribution in [0.5, 0.6) is 5.75 Å². The van der Waals surface area contributed by atoms with Gasteiger partial charge in [-0.05, 0) is 59.2 Å². The molecule has 32 heavy (non-hydrogen) atoms. The average molecular weight is 437 g/mol. The lowest BCUT2D eigenvalue weighted by Crippen LogP contribution is -2.48. The molecule has 2 aromatic carbocycles. The Morgan fingerprint density at radius 3 is 2.41 bits per heavy atom. The van der Waals surface area contributed by atoms with E-state index < -0.39 is 0 Å². The minimum atomic E-state index is -0.0338. The van der Waals surface area contributed by atoms with Gasteiger partial charge in [0.25, 0.3) is 0 Å². The Morgan fingerprint density at radius 1 is 0.969 bits per heavy atom. The van der Waals surface area contributed by atoms with Gasteiger partial charge in [-0.15, -0.1) is 5.10 Å². The van der Waals surface area contributed by atoms with Crippen molar-refractivity contribution in [2.75, 3.05) is 51.9 Å². The van der Waals surface area contributed by atoms with Gasteiger partial charge >= 0.3 is 0 Å². The Labute approximate surface area is 189 Å². The highest BCUT2D eigenvalue weighted by atomic mass is 16.5. The summed E-state index contributed by atoms with van der Waals surface area (Å²) < 4.78 is 12.5. The van der Waals surface area contributed by atoms with Crippen molar-refractivity contribution in [3.63, 3.8) is 0 Å². The van der Waals surface area contributed by atoms with Crippen LogP contribution in [0, 0.1) is 13.8 Å². The van der Waals surface area contributed by atoms with Crippen molar-refractivity contribution in [1.82, 2.24) is 25.1 Å². The molecule has 4 rings (SSSR count). The van der Waals surface area contributed by atoms with Gasteiger partial charge in [-0.25, -0.2) is 4.68 Å². The molecule has 2 heterocycles. The molecular weight excluding hydrogens is 404 g/mol. The third-order valence-electron chi connectivity index (χ3n) is 6.13. The van der Waals surface area contributed by atoms with Crippen LogP contribution in [0.1, 0.15) is 28.6 Å². The van der Waals surface area contributed by atoms with Crippen molar-refractivity contribution in [1.29, 1.82) is 0 Å². The van der Waals surface area contributed by atoms with Crippen LogP contribution in [0.3, 0.4) is 0 Å². The lowest BCUT2D eigenvalue weighted by molar-refractivity contribution is 0.171. The Morgan fingerprint density at radius 2 is 1.72 bits per heavy atom. The molecule has 0 aliphatic carbocycles. The molecule has 1 aromatic heterocycles. The number of rotatable bonds is 8. The second-order valence-corrected chi connectivity index (χ2v) is 8.24. The number of methoxy groups -OCH3 is 2. The molecule has 8 nitrogen and oxygen atoms in total. The van der Waals surface area contributed by atoms with Gasteiger partial charge in [-0.3, -0.25) is 4.90 Å². The van der Waals surface area contributed by atoms with E-state index in [4.69, 9.17) is 9.47 Å². The van der Waals surface area contributed by atoms with Gasteiger partial charge in [-0.2, -0.15) is 0 Å². The molecule has 8 heteroatoms. The van der Waals surface area contributed by atoms with Gasteiger partial charge in [0.1, 0.15) is 5.75 Å². The molecular formula is C24H32N6O2. The summed E-state index contributed by atoms with van der Waals surface area (Å²) >= 11 is 0. The number of benzene rings is 2. The summed E-state index contributed by atoms with van der Waals surface area (Å²) in [6.45, 7) is 9.27. The predicted octanol–water partition coefficient (Wildman–Crippen LogP) is 2.86. The normalized spacial score (nSPS) is 15.7. The number of nitrogens with zero attached hydrogens (tertiary/aromatic N) is 6. The van der Waals surface area contributed by atoms with Gasteiger partial charge in [-0.1, -0.05) is 24.3 Å². The number of hydrogen-bond donors (Lipinski definition) is 0. The van der Waals surface area contributed by atoms with Gasteiger partial charge in [0.05, 0.1) is 26.3 Å². The molecule has 1 aliphatic rings. The van der Waals surface area contributed by atoms with Crippen molar-refractivity contribution < 1.29 is 9.47 Å². The molecule has 1 saturated heterocycles.